The third kappa shape index (κ3) is 4.41. The number of benzene rings is 6. The van der Waals surface area contributed by atoms with Crippen LogP contribution < -0.4 is 4.74 Å². The molecule has 50 heavy (non-hydrogen) atoms. The zero-order valence-electron chi connectivity index (χ0n) is 34.8. The van der Waals surface area contributed by atoms with Crippen molar-refractivity contribution < 1.29 is 13.0 Å². The van der Waals surface area contributed by atoms with Crippen molar-refractivity contribution in [3.63, 3.8) is 0 Å². The zero-order valence-corrected chi connectivity index (χ0v) is 28.8. The van der Waals surface area contributed by atoms with E-state index < -0.39 is 13.7 Å². The first kappa shape index (κ1) is 24.5. The fraction of sp³-hybridized carbons (Fsp3) is 0.196. The van der Waals surface area contributed by atoms with Crippen LogP contribution in [-0.2, 0) is 10.8 Å². The number of rotatable bonds is 3. The Hall–Kier alpha value is -5.61. The molecular formula is C46H41N3O. The Balaban J connectivity index is 1.35. The van der Waals surface area contributed by atoms with Crippen molar-refractivity contribution in [3.05, 3.63) is 149 Å². The second-order valence-corrected chi connectivity index (χ2v) is 14.9. The van der Waals surface area contributed by atoms with Crippen LogP contribution in [0.3, 0.4) is 0 Å². The lowest BCUT2D eigenvalue weighted by atomic mass is 9.72. The number of imidazole rings is 2. The van der Waals surface area contributed by atoms with Crippen molar-refractivity contribution in [2.24, 2.45) is 0 Å². The molecule has 0 fully saturated rings. The molecule has 0 N–H and O–H groups in total. The fourth-order valence-corrected chi connectivity index (χ4v) is 7.84. The summed E-state index contributed by atoms with van der Waals surface area (Å²) in [5.41, 5.74) is 9.01. The van der Waals surface area contributed by atoms with Crippen LogP contribution in [0.15, 0.2) is 121 Å². The maximum absolute atomic E-state index is 8.71. The van der Waals surface area contributed by atoms with Crippen molar-refractivity contribution in [3.8, 4) is 39.4 Å². The van der Waals surface area contributed by atoms with Crippen LogP contribution in [0.4, 0.5) is 0 Å². The SMILES string of the molecule is [2H]C([2H])([2H])c1ccc(-c2c(C(C)(C)C)ccc3c2Oc2ccccc2C3(C)C)cc1-c1cc(-n2c3ccccc3n3c4ccccc4nc23)ccc1C([2H])([2H])[2H]. The summed E-state index contributed by atoms with van der Waals surface area (Å²) in [5, 5.41) is 0. The van der Waals surface area contributed by atoms with Crippen molar-refractivity contribution in [2.45, 2.75) is 59.2 Å². The molecule has 246 valence electrons. The van der Waals surface area contributed by atoms with E-state index in [1.807, 2.05) is 89.5 Å². The Morgan fingerprint density at radius 3 is 2.14 bits per heavy atom. The second-order valence-electron chi connectivity index (χ2n) is 14.9. The molecule has 4 heteroatoms. The highest BCUT2D eigenvalue weighted by Crippen LogP contribution is 2.54. The van der Waals surface area contributed by atoms with Crippen LogP contribution in [0.25, 0.3) is 55.8 Å². The van der Waals surface area contributed by atoms with E-state index >= 15 is 0 Å². The predicted molar refractivity (Wildman–Crippen MR) is 207 cm³/mol. The van der Waals surface area contributed by atoms with Crippen LogP contribution in [0.5, 0.6) is 11.5 Å². The van der Waals surface area contributed by atoms with Crippen molar-refractivity contribution in [1.82, 2.24) is 14.0 Å². The third-order valence-electron chi connectivity index (χ3n) is 10.4. The Bertz CT molecular complexity index is 2890. The van der Waals surface area contributed by atoms with Crippen molar-refractivity contribution in [1.29, 1.82) is 0 Å². The quantitative estimate of drug-likeness (QED) is 0.189. The molecule has 0 spiro atoms. The lowest BCUT2D eigenvalue weighted by Gasteiger charge is -2.37. The van der Waals surface area contributed by atoms with Crippen molar-refractivity contribution >= 4 is 27.8 Å². The van der Waals surface area contributed by atoms with Crippen LogP contribution >= 0.6 is 0 Å². The maximum Gasteiger partial charge on any atom is 0.220 e. The molecule has 9 rings (SSSR count). The topological polar surface area (TPSA) is 31.5 Å². The van der Waals surface area contributed by atoms with Gasteiger partial charge in [-0.2, -0.15) is 0 Å². The van der Waals surface area contributed by atoms with Crippen LogP contribution in [0, 0.1) is 13.7 Å². The third-order valence-corrected chi connectivity index (χ3v) is 10.4. The highest BCUT2D eigenvalue weighted by molar-refractivity contribution is 5.92. The highest BCUT2D eigenvalue weighted by Gasteiger charge is 2.37. The Kier molecular flexibility index (Phi) is 5.24. The van der Waals surface area contributed by atoms with E-state index in [1.165, 1.54) is 0 Å². The molecule has 2 aromatic heterocycles. The summed E-state index contributed by atoms with van der Waals surface area (Å²) in [5.74, 6) is 2.15. The number of ether oxygens (including phenoxy) is 1. The predicted octanol–water partition coefficient (Wildman–Crippen LogP) is 12.1. The van der Waals surface area contributed by atoms with Gasteiger partial charge in [0.25, 0.3) is 0 Å². The molecule has 1 aliphatic rings. The van der Waals surface area contributed by atoms with E-state index in [1.54, 1.807) is 18.2 Å². The number of hydrogen-bond acceptors (Lipinski definition) is 2. The smallest absolute Gasteiger partial charge is 0.220 e. The van der Waals surface area contributed by atoms with Crippen LogP contribution in [0.1, 0.15) is 70.7 Å². The number of hydrogen-bond donors (Lipinski definition) is 0. The molecule has 0 bridgehead atoms. The summed E-state index contributed by atoms with van der Waals surface area (Å²) < 4.78 is 63.1. The van der Waals surface area contributed by atoms with E-state index in [9.17, 15) is 0 Å². The lowest BCUT2D eigenvalue weighted by Crippen LogP contribution is -2.26. The van der Waals surface area contributed by atoms with Gasteiger partial charge >= 0.3 is 0 Å². The molecule has 4 nitrogen and oxygen atoms in total. The molecule has 6 aromatic carbocycles. The van der Waals surface area contributed by atoms with E-state index in [2.05, 4.69) is 57.2 Å². The zero-order chi connectivity index (χ0) is 39.5. The molecule has 0 atom stereocenters. The minimum Gasteiger partial charge on any atom is -0.456 e. The molecule has 0 unspecified atom stereocenters. The van der Waals surface area contributed by atoms with Gasteiger partial charge in [-0.05, 0) is 101 Å². The van der Waals surface area contributed by atoms with Gasteiger partial charge in [-0.15, -0.1) is 0 Å². The van der Waals surface area contributed by atoms with Gasteiger partial charge in [-0.1, -0.05) is 107 Å². The Morgan fingerprint density at radius 1 is 0.680 bits per heavy atom. The largest absolute Gasteiger partial charge is 0.456 e. The molecule has 0 aliphatic carbocycles. The molecule has 3 heterocycles. The summed E-state index contributed by atoms with van der Waals surface area (Å²) >= 11 is 0. The monoisotopic (exact) mass is 657 g/mol. The van der Waals surface area contributed by atoms with Gasteiger partial charge in [0.05, 0.1) is 22.1 Å². The average Bonchev–Trinajstić information content (AvgIpc) is 3.67. The molecular weight excluding hydrogens is 611 g/mol. The van der Waals surface area contributed by atoms with Gasteiger partial charge in [0, 0.05) is 36.0 Å². The van der Waals surface area contributed by atoms with Gasteiger partial charge in [0.1, 0.15) is 11.5 Å². The van der Waals surface area contributed by atoms with Crippen molar-refractivity contribution in [2.75, 3.05) is 0 Å². The normalized spacial score (nSPS) is 16.1. The summed E-state index contributed by atoms with van der Waals surface area (Å²) in [6.07, 6.45) is 0. The first-order valence-corrected chi connectivity index (χ1v) is 17.1. The molecule has 0 amide bonds. The van der Waals surface area contributed by atoms with Gasteiger partial charge in [-0.3, -0.25) is 8.97 Å². The molecule has 0 saturated carbocycles. The first-order chi connectivity index (χ1) is 26.4. The van der Waals surface area contributed by atoms with Gasteiger partial charge < -0.3 is 4.74 Å². The number of aromatic nitrogens is 3. The van der Waals surface area contributed by atoms with E-state index in [4.69, 9.17) is 17.9 Å². The summed E-state index contributed by atoms with van der Waals surface area (Å²) in [4.78, 5) is 5.03. The fourth-order valence-electron chi connectivity index (χ4n) is 7.84. The molecule has 0 saturated heterocycles. The number of nitrogens with zero attached hydrogens (tertiary/aromatic N) is 3. The van der Waals surface area contributed by atoms with E-state index in [0.29, 0.717) is 28.3 Å². The minimum absolute atomic E-state index is 0.0577. The Labute approximate surface area is 302 Å². The minimum atomic E-state index is -2.55. The summed E-state index contributed by atoms with van der Waals surface area (Å²) in [7, 11) is 0. The molecule has 8 aromatic rings. The number of fused-ring (bicyclic) bond motifs is 7. The number of aryl methyl sites for hydroxylation is 2. The average molecular weight is 658 g/mol. The standard InChI is InChI=1S/C46H41N3O/c1-28-20-22-30(42-35(45(3,4)5)24-25-36-43(42)50-41-19-13-8-14-34(41)46(36,6)7)26-32(28)33-27-31(23-21-29(33)2)48-39-17-11-12-18-40(39)49-38-16-10-9-15-37(38)47-44(48)49/h8-27H,1-7H3/i1D3,2D3. The van der Waals surface area contributed by atoms with Crippen LogP contribution in [0.2, 0.25) is 0 Å². The van der Waals surface area contributed by atoms with Gasteiger partial charge in [0.2, 0.25) is 5.78 Å². The first-order valence-electron chi connectivity index (χ1n) is 20.1. The van der Waals surface area contributed by atoms with Gasteiger partial charge in [-0.25, -0.2) is 4.98 Å². The van der Waals surface area contributed by atoms with E-state index in [-0.39, 0.29) is 22.0 Å². The molecule has 1 aliphatic heterocycles. The van der Waals surface area contributed by atoms with Gasteiger partial charge in [0.15, 0.2) is 0 Å². The maximum atomic E-state index is 8.71. The second kappa shape index (κ2) is 10.7. The summed E-state index contributed by atoms with van der Waals surface area (Å²) in [6.45, 7) is 5.72. The highest BCUT2D eigenvalue weighted by atomic mass is 16.5. The Morgan fingerprint density at radius 2 is 1.36 bits per heavy atom. The number of para-hydroxylation sites is 5. The lowest BCUT2D eigenvalue weighted by molar-refractivity contribution is 0.417. The van der Waals surface area contributed by atoms with Crippen LogP contribution in [-0.4, -0.2) is 14.0 Å². The molecule has 0 radical (unpaired) electrons. The van der Waals surface area contributed by atoms with E-state index in [0.717, 1.165) is 55.6 Å². The summed E-state index contributed by atoms with van der Waals surface area (Å²) in [6, 6.07) is 38.8.